The summed E-state index contributed by atoms with van der Waals surface area (Å²) in [5.41, 5.74) is 3.96. The molecular formula is C21H21Cl2N3OS. The van der Waals surface area contributed by atoms with Crippen LogP contribution in [0.2, 0.25) is 10.0 Å². The highest BCUT2D eigenvalue weighted by Crippen LogP contribution is 2.28. The van der Waals surface area contributed by atoms with Crippen LogP contribution in [0.4, 0.5) is 0 Å². The van der Waals surface area contributed by atoms with Gasteiger partial charge in [-0.2, -0.15) is 0 Å². The van der Waals surface area contributed by atoms with Crippen LogP contribution < -0.4 is 4.74 Å². The molecule has 1 aliphatic carbocycles. The third-order valence-corrected chi connectivity index (χ3v) is 6.80. The number of rotatable bonds is 6. The van der Waals surface area contributed by atoms with E-state index in [0.717, 1.165) is 34.5 Å². The number of aromatic nitrogens is 3. The maximum absolute atomic E-state index is 6.08. The highest BCUT2D eigenvalue weighted by molar-refractivity contribution is 7.98. The summed E-state index contributed by atoms with van der Waals surface area (Å²) in [6.07, 6.45) is 4.87. The summed E-state index contributed by atoms with van der Waals surface area (Å²) in [6.45, 7) is 0.398. The molecule has 0 atom stereocenters. The van der Waals surface area contributed by atoms with Crippen molar-refractivity contribution in [3.8, 4) is 5.75 Å². The SMILES string of the molecule is Cn1c(COc2ccc3c(c2)CCCC3)nnc1SCc1ccc(Cl)c(Cl)c1. The molecule has 0 radical (unpaired) electrons. The lowest BCUT2D eigenvalue weighted by atomic mass is 9.92. The van der Waals surface area contributed by atoms with Gasteiger partial charge in [-0.15, -0.1) is 10.2 Å². The summed E-state index contributed by atoms with van der Waals surface area (Å²) in [5, 5.41) is 10.5. The van der Waals surface area contributed by atoms with Crippen LogP contribution in [0.3, 0.4) is 0 Å². The number of thioether (sulfide) groups is 1. The van der Waals surface area contributed by atoms with Crippen LogP contribution >= 0.6 is 35.0 Å². The van der Waals surface area contributed by atoms with E-state index < -0.39 is 0 Å². The standard InChI is InChI=1S/C21H21Cl2N3OS/c1-26-20(12-27-17-8-7-15-4-2-3-5-16(15)11-17)24-25-21(26)28-13-14-6-9-18(22)19(23)10-14/h6-11H,2-5,12-13H2,1H3. The van der Waals surface area contributed by atoms with Crippen molar-refractivity contribution < 1.29 is 4.74 Å². The van der Waals surface area contributed by atoms with Crippen molar-refractivity contribution >= 4 is 35.0 Å². The van der Waals surface area contributed by atoms with E-state index >= 15 is 0 Å². The van der Waals surface area contributed by atoms with Gasteiger partial charge in [0, 0.05) is 12.8 Å². The molecule has 0 saturated heterocycles. The minimum absolute atomic E-state index is 0.398. The Hall–Kier alpha value is -1.69. The van der Waals surface area contributed by atoms with E-state index in [-0.39, 0.29) is 0 Å². The van der Waals surface area contributed by atoms with Gasteiger partial charge in [0.2, 0.25) is 0 Å². The monoisotopic (exact) mass is 433 g/mol. The molecule has 3 aromatic rings. The molecule has 0 unspecified atom stereocenters. The Morgan fingerprint density at radius 3 is 2.64 bits per heavy atom. The zero-order valence-electron chi connectivity index (χ0n) is 15.6. The molecule has 4 nitrogen and oxygen atoms in total. The van der Waals surface area contributed by atoms with Crippen LogP contribution in [-0.2, 0) is 32.2 Å². The first kappa shape index (κ1) is 19.6. The zero-order chi connectivity index (χ0) is 19.5. The van der Waals surface area contributed by atoms with Crippen LogP contribution in [0.25, 0.3) is 0 Å². The maximum Gasteiger partial charge on any atom is 0.191 e. The fourth-order valence-corrected chi connectivity index (χ4v) is 4.51. The fraction of sp³-hybridized carbons (Fsp3) is 0.333. The first-order valence-electron chi connectivity index (χ1n) is 9.30. The van der Waals surface area contributed by atoms with Crippen LogP contribution in [0.15, 0.2) is 41.6 Å². The van der Waals surface area contributed by atoms with Crippen molar-refractivity contribution in [1.82, 2.24) is 14.8 Å². The van der Waals surface area contributed by atoms with Gasteiger partial charge in [0.15, 0.2) is 11.0 Å². The Labute approximate surface area is 179 Å². The Balaban J connectivity index is 1.37. The second-order valence-electron chi connectivity index (χ2n) is 6.92. The molecule has 0 N–H and O–H groups in total. The molecule has 146 valence electrons. The molecule has 0 amide bonds. The van der Waals surface area contributed by atoms with Gasteiger partial charge in [-0.25, -0.2) is 0 Å². The van der Waals surface area contributed by atoms with Crippen LogP contribution in [0.5, 0.6) is 5.75 Å². The van der Waals surface area contributed by atoms with Crippen molar-refractivity contribution in [3.05, 3.63) is 69.0 Å². The summed E-state index contributed by atoms with van der Waals surface area (Å²) in [7, 11) is 1.96. The predicted octanol–water partition coefficient (Wildman–Crippen LogP) is 5.87. The third kappa shape index (κ3) is 4.48. The van der Waals surface area contributed by atoms with Gasteiger partial charge in [-0.1, -0.05) is 47.1 Å². The largest absolute Gasteiger partial charge is 0.486 e. The summed E-state index contributed by atoms with van der Waals surface area (Å²) < 4.78 is 7.95. The summed E-state index contributed by atoms with van der Waals surface area (Å²) in [4.78, 5) is 0. The van der Waals surface area contributed by atoms with E-state index in [1.54, 1.807) is 11.8 Å². The minimum atomic E-state index is 0.398. The Morgan fingerprint density at radius 2 is 1.82 bits per heavy atom. The molecular weight excluding hydrogens is 413 g/mol. The Morgan fingerprint density at radius 1 is 1.00 bits per heavy atom. The van der Waals surface area contributed by atoms with E-state index in [2.05, 4.69) is 28.4 Å². The lowest BCUT2D eigenvalue weighted by molar-refractivity contribution is 0.290. The first-order valence-corrected chi connectivity index (χ1v) is 11.0. The summed E-state index contributed by atoms with van der Waals surface area (Å²) in [5.74, 6) is 2.44. The molecule has 2 aromatic carbocycles. The van der Waals surface area contributed by atoms with Gasteiger partial charge < -0.3 is 9.30 Å². The average Bonchev–Trinajstić information content (AvgIpc) is 3.06. The van der Waals surface area contributed by atoms with Crippen LogP contribution in [0, 0.1) is 0 Å². The molecule has 0 aliphatic heterocycles. The Bertz CT molecular complexity index is 990. The fourth-order valence-electron chi connectivity index (χ4n) is 3.32. The smallest absolute Gasteiger partial charge is 0.191 e. The molecule has 0 fully saturated rings. The zero-order valence-corrected chi connectivity index (χ0v) is 17.9. The van der Waals surface area contributed by atoms with Gasteiger partial charge in [-0.3, -0.25) is 0 Å². The van der Waals surface area contributed by atoms with Crippen molar-refractivity contribution in [2.75, 3.05) is 0 Å². The number of aryl methyl sites for hydroxylation is 2. The minimum Gasteiger partial charge on any atom is -0.486 e. The number of hydrogen-bond donors (Lipinski definition) is 0. The van der Waals surface area contributed by atoms with E-state index in [1.165, 1.54) is 30.4 Å². The number of fused-ring (bicyclic) bond motifs is 1. The highest BCUT2D eigenvalue weighted by Gasteiger charge is 2.13. The van der Waals surface area contributed by atoms with Gasteiger partial charge in [0.25, 0.3) is 0 Å². The van der Waals surface area contributed by atoms with Gasteiger partial charge in [0.05, 0.1) is 10.0 Å². The summed E-state index contributed by atoms with van der Waals surface area (Å²) in [6, 6.07) is 12.1. The molecule has 28 heavy (non-hydrogen) atoms. The van der Waals surface area contributed by atoms with E-state index in [4.69, 9.17) is 27.9 Å². The highest BCUT2D eigenvalue weighted by atomic mass is 35.5. The van der Waals surface area contributed by atoms with E-state index in [0.29, 0.717) is 16.7 Å². The summed E-state index contributed by atoms with van der Waals surface area (Å²) >= 11 is 13.7. The van der Waals surface area contributed by atoms with Gasteiger partial charge in [-0.05, 0) is 66.6 Å². The normalized spacial score (nSPS) is 13.4. The molecule has 7 heteroatoms. The second-order valence-corrected chi connectivity index (χ2v) is 8.68. The number of benzene rings is 2. The van der Waals surface area contributed by atoms with Crippen molar-refractivity contribution in [1.29, 1.82) is 0 Å². The lowest BCUT2D eigenvalue weighted by Crippen LogP contribution is -2.06. The van der Waals surface area contributed by atoms with Crippen molar-refractivity contribution in [2.24, 2.45) is 7.05 Å². The molecule has 1 aliphatic rings. The Kier molecular flexibility index (Phi) is 6.14. The average molecular weight is 434 g/mol. The third-order valence-electron chi connectivity index (χ3n) is 4.96. The molecule has 1 heterocycles. The molecule has 0 spiro atoms. The molecule has 4 rings (SSSR count). The quantitative estimate of drug-likeness (QED) is 0.455. The van der Waals surface area contributed by atoms with Crippen molar-refractivity contribution in [3.63, 3.8) is 0 Å². The maximum atomic E-state index is 6.08. The lowest BCUT2D eigenvalue weighted by Gasteiger charge is -2.16. The number of halogens is 2. The second kappa shape index (κ2) is 8.76. The number of ether oxygens (including phenoxy) is 1. The van der Waals surface area contributed by atoms with Crippen molar-refractivity contribution in [2.45, 2.75) is 43.2 Å². The first-order chi connectivity index (χ1) is 13.6. The predicted molar refractivity (Wildman–Crippen MR) is 114 cm³/mol. The van der Waals surface area contributed by atoms with Crippen LogP contribution in [0.1, 0.15) is 35.4 Å². The number of nitrogens with zero attached hydrogens (tertiary/aromatic N) is 3. The van der Waals surface area contributed by atoms with E-state index in [9.17, 15) is 0 Å². The molecule has 0 saturated carbocycles. The molecule has 0 bridgehead atoms. The van der Waals surface area contributed by atoms with Gasteiger partial charge >= 0.3 is 0 Å². The van der Waals surface area contributed by atoms with E-state index in [1.807, 2.05) is 29.8 Å². The number of hydrogen-bond acceptors (Lipinski definition) is 4. The van der Waals surface area contributed by atoms with Gasteiger partial charge in [0.1, 0.15) is 12.4 Å². The topological polar surface area (TPSA) is 39.9 Å². The molecule has 1 aromatic heterocycles. The van der Waals surface area contributed by atoms with Crippen LogP contribution in [-0.4, -0.2) is 14.8 Å².